The molecule has 0 bridgehead atoms. The van der Waals surface area contributed by atoms with E-state index < -0.39 is 23.4 Å². The molecular weight excluding hydrogens is 418 g/mol. The average molecular weight is 432 g/mol. The van der Waals surface area contributed by atoms with E-state index in [9.17, 15) is 18.0 Å². The first-order chi connectivity index (χ1) is 12.1. The van der Waals surface area contributed by atoms with Gasteiger partial charge in [0.2, 0.25) is 0 Å². The van der Waals surface area contributed by atoms with Crippen LogP contribution in [0.3, 0.4) is 0 Å². The number of oxime groups is 1. The van der Waals surface area contributed by atoms with E-state index in [1.807, 2.05) is 0 Å². The summed E-state index contributed by atoms with van der Waals surface area (Å²) in [4.78, 5) is 12.0. The predicted molar refractivity (Wildman–Crippen MR) is 96.5 cm³/mol. The SMILES string of the molecule is CCOC(=O)C(=NN(Cl)c1ccc(C(F)(F)F)cc1Cl)C(CSC)=NO. The van der Waals surface area contributed by atoms with E-state index in [0.717, 1.165) is 12.1 Å². The van der Waals surface area contributed by atoms with Crippen molar-refractivity contribution in [3.8, 4) is 0 Å². The molecule has 12 heteroatoms. The molecule has 1 rings (SSSR count). The van der Waals surface area contributed by atoms with Crippen LogP contribution in [-0.4, -0.2) is 41.2 Å². The quantitative estimate of drug-likeness (QED) is 0.227. The van der Waals surface area contributed by atoms with E-state index >= 15 is 0 Å². The number of hydrogen-bond acceptors (Lipinski definition) is 7. The highest BCUT2D eigenvalue weighted by Gasteiger charge is 2.31. The number of carbonyl (C=O) groups is 1. The molecule has 6 nitrogen and oxygen atoms in total. The van der Waals surface area contributed by atoms with Gasteiger partial charge in [-0.3, -0.25) is 0 Å². The van der Waals surface area contributed by atoms with Gasteiger partial charge in [-0.05, 0) is 31.4 Å². The third kappa shape index (κ3) is 5.96. The Morgan fingerprint density at radius 3 is 2.54 bits per heavy atom. The van der Waals surface area contributed by atoms with Gasteiger partial charge in [-0.25, -0.2) is 4.79 Å². The van der Waals surface area contributed by atoms with Gasteiger partial charge in [-0.2, -0.15) is 29.5 Å². The number of hydrazone groups is 1. The van der Waals surface area contributed by atoms with Crippen LogP contribution >= 0.6 is 35.1 Å². The Bertz CT molecular complexity index is 714. The number of ether oxygens (including phenoxy) is 1. The molecule has 0 amide bonds. The first kappa shape index (κ1) is 22.4. The largest absolute Gasteiger partial charge is 0.461 e. The highest BCUT2D eigenvalue weighted by atomic mass is 35.5. The lowest BCUT2D eigenvalue weighted by atomic mass is 10.2. The summed E-state index contributed by atoms with van der Waals surface area (Å²) in [6, 6.07) is 2.43. The normalized spacial score (nSPS) is 12.9. The number of anilines is 1. The Balaban J connectivity index is 3.29. The zero-order valence-corrected chi connectivity index (χ0v) is 15.9. The summed E-state index contributed by atoms with van der Waals surface area (Å²) < 4.78 is 43.5. The molecule has 0 heterocycles. The van der Waals surface area contributed by atoms with E-state index in [0.29, 0.717) is 10.6 Å². The Kier molecular flexibility index (Phi) is 8.51. The molecule has 0 spiro atoms. The Morgan fingerprint density at radius 2 is 2.08 bits per heavy atom. The maximum atomic E-state index is 12.7. The number of rotatable bonds is 7. The maximum Gasteiger partial charge on any atom is 0.416 e. The monoisotopic (exact) mass is 431 g/mol. The van der Waals surface area contributed by atoms with Crippen molar-refractivity contribution in [2.24, 2.45) is 10.3 Å². The Hall–Kier alpha value is -1.65. The molecule has 1 N–H and O–H groups in total. The van der Waals surface area contributed by atoms with E-state index in [1.165, 1.54) is 11.8 Å². The lowest BCUT2D eigenvalue weighted by Gasteiger charge is -2.15. The fraction of sp³-hybridized carbons (Fsp3) is 0.357. The van der Waals surface area contributed by atoms with Gasteiger partial charge in [-0.1, -0.05) is 16.8 Å². The average Bonchev–Trinajstić information content (AvgIpc) is 2.56. The van der Waals surface area contributed by atoms with Gasteiger partial charge in [-0.15, -0.1) is 5.10 Å². The van der Waals surface area contributed by atoms with Crippen molar-refractivity contribution in [2.75, 3.05) is 23.1 Å². The van der Waals surface area contributed by atoms with Crippen molar-refractivity contribution in [3.63, 3.8) is 0 Å². The Morgan fingerprint density at radius 1 is 1.42 bits per heavy atom. The minimum Gasteiger partial charge on any atom is -0.461 e. The number of alkyl halides is 3. The van der Waals surface area contributed by atoms with Crippen molar-refractivity contribution in [3.05, 3.63) is 28.8 Å². The lowest BCUT2D eigenvalue weighted by Crippen LogP contribution is -2.30. The van der Waals surface area contributed by atoms with Gasteiger partial charge in [0.15, 0.2) is 5.71 Å². The van der Waals surface area contributed by atoms with Gasteiger partial charge in [0, 0.05) is 17.5 Å². The van der Waals surface area contributed by atoms with Crippen LogP contribution < -0.4 is 4.53 Å². The minimum atomic E-state index is -4.58. The lowest BCUT2D eigenvalue weighted by molar-refractivity contribution is -0.137. The number of benzene rings is 1. The van der Waals surface area contributed by atoms with Crippen LogP contribution in [0, 0.1) is 0 Å². The van der Waals surface area contributed by atoms with E-state index in [2.05, 4.69) is 10.3 Å². The third-order valence-corrected chi connectivity index (χ3v) is 3.93. The Labute approximate surface area is 161 Å². The number of hydrogen-bond donors (Lipinski definition) is 1. The molecule has 1 aromatic rings. The molecule has 0 aromatic heterocycles. The molecular formula is C14H14Cl2F3N3O3S. The maximum absolute atomic E-state index is 12.7. The molecule has 1 aromatic carbocycles. The van der Waals surface area contributed by atoms with Crippen LogP contribution in [0.1, 0.15) is 12.5 Å². The summed E-state index contributed by atoms with van der Waals surface area (Å²) in [6.07, 6.45) is -2.88. The second kappa shape index (κ2) is 9.89. The molecule has 0 atom stereocenters. The summed E-state index contributed by atoms with van der Waals surface area (Å²) in [5.74, 6) is -0.803. The smallest absolute Gasteiger partial charge is 0.416 e. The van der Waals surface area contributed by atoms with E-state index in [-0.39, 0.29) is 28.8 Å². The first-order valence-corrected chi connectivity index (χ1v) is 9.05. The first-order valence-electron chi connectivity index (χ1n) is 6.94. The van der Waals surface area contributed by atoms with Crippen LogP contribution in [0.2, 0.25) is 5.02 Å². The van der Waals surface area contributed by atoms with E-state index in [1.54, 1.807) is 13.2 Å². The molecule has 0 aliphatic heterocycles. The molecule has 144 valence electrons. The summed E-state index contributed by atoms with van der Waals surface area (Å²) in [7, 11) is 0. The van der Waals surface area contributed by atoms with Crippen LogP contribution in [0.4, 0.5) is 18.9 Å². The van der Waals surface area contributed by atoms with Crippen molar-refractivity contribution in [1.82, 2.24) is 0 Å². The van der Waals surface area contributed by atoms with Crippen molar-refractivity contribution in [2.45, 2.75) is 13.1 Å². The molecule has 0 aliphatic rings. The summed E-state index contributed by atoms with van der Waals surface area (Å²) in [5, 5.41) is 15.5. The van der Waals surface area contributed by atoms with Gasteiger partial charge in [0.1, 0.15) is 5.71 Å². The molecule has 26 heavy (non-hydrogen) atoms. The second-order valence-electron chi connectivity index (χ2n) is 4.57. The minimum absolute atomic E-state index is 0.0269. The van der Waals surface area contributed by atoms with Gasteiger partial charge >= 0.3 is 12.1 Å². The third-order valence-electron chi connectivity index (χ3n) is 2.81. The highest BCUT2D eigenvalue weighted by molar-refractivity contribution is 7.99. The van der Waals surface area contributed by atoms with Crippen molar-refractivity contribution in [1.29, 1.82) is 0 Å². The number of esters is 1. The fourth-order valence-electron chi connectivity index (χ4n) is 1.67. The summed E-state index contributed by atoms with van der Waals surface area (Å²) in [6.45, 7) is 1.59. The molecule has 0 aliphatic carbocycles. The standard InChI is InChI=1S/C14H14Cl2F3N3O3S/c1-3-25-13(23)12(10(21-24)7-26-2)20-22(16)11-5-4-8(6-9(11)15)14(17,18)19/h4-6,24H,3,7H2,1-2H3. The van der Waals surface area contributed by atoms with Crippen molar-refractivity contribution >= 4 is 58.2 Å². The number of halogens is 5. The predicted octanol–water partition coefficient (Wildman–Crippen LogP) is 4.43. The van der Waals surface area contributed by atoms with E-state index in [4.69, 9.17) is 33.3 Å². The van der Waals surface area contributed by atoms with Crippen LogP contribution in [0.25, 0.3) is 0 Å². The van der Waals surface area contributed by atoms with Crippen LogP contribution in [0.15, 0.2) is 28.5 Å². The zero-order valence-electron chi connectivity index (χ0n) is 13.5. The molecule has 0 fully saturated rings. The zero-order chi connectivity index (χ0) is 19.9. The second-order valence-corrected chi connectivity index (χ2v) is 6.17. The molecule has 0 saturated heterocycles. The van der Waals surface area contributed by atoms with Crippen LogP contribution in [-0.2, 0) is 15.7 Å². The highest BCUT2D eigenvalue weighted by Crippen LogP contribution is 2.35. The van der Waals surface area contributed by atoms with Crippen molar-refractivity contribution < 1.29 is 27.9 Å². The topological polar surface area (TPSA) is 74.5 Å². The summed E-state index contributed by atoms with van der Waals surface area (Å²) in [5.41, 5.74) is -1.60. The van der Waals surface area contributed by atoms with Gasteiger partial charge in [0.05, 0.1) is 22.9 Å². The molecule has 0 unspecified atom stereocenters. The number of carbonyl (C=O) groups excluding carboxylic acids is 1. The van der Waals surface area contributed by atoms with Crippen LogP contribution in [0.5, 0.6) is 0 Å². The summed E-state index contributed by atoms with van der Waals surface area (Å²) >= 11 is 13.0. The number of nitrogens with zero attached hydrogens (tertiary/aromatic N) is 3. The molecule has 0 radical (unpaired) electrons. The molecule has 0 saturated carbocycles. The van der Waals surface area contributed by atoms with Gasteiger partial charge in [0.25, 0.3) is 0 Å². The van der Waals surface area contributed by atoms with Gasteiger partial charge < -0.3 is 9.94 Å². The fourth-order valence-corrected chi connectivity index (χ4v) is 2.67. The number of thioether (sulfide) groups is 1.